The highest BCUT2D eigenvalue weighted by atomic mass is 16.2. The molecule has 102 valence electrons. The van der Waals surface area contributed by atoms with Crippen molar-refractivity contribution in [3.05, 3.63) is 0 Å². The molecule has 5 nitrogen and oxygen atoms in total. The minimum atomic E-state index is -0.826. The average Bonchev–Trinajstić information content (AvgIpc) is 3.09. The lowest BCUT2D eigenvalue weighted by Crippen LogP contribution is -2.68. The molecule has 1 saturated heterocycles. The summed E-state index contributed by atoms with van der Waals surface area (Å²) in [5.74, 6) is 0.167. The molecule has 1 atom stereocenters. The van der Waals surface area contributed by atoms with Crippen LogP contribution in [0.1, 0.15) is 33.6 Å². The van der Waals surface area contributed by atoms with Gasteiger partial charge in [0.25, 0.3) is 0 Å². The summed E-state index contributed by atoms with van der Waals surface area (Å²) in [5.41, 5.74) is 4.56. The molecule has 5 heteroatoms. The number of piperazine rings is 1. The zero-order chi connectivity index (χ0) is 13.7. The van der Waals surface area contributed by atoms with Crippen LogP contribution in [0.15, 0.2) is 0 Å². The quantitative estimate of drug-likeness (QED) is 0.764. The topological polar surface area (TPSA) is 66.6 Å². The van der Waals surface area contributed by atoms with Gasteiger partial charge in [-0.25, -0.2) is 0 Å². The summed E-state index contributed by atoms with van der Waals surface area (Å²) in [6, 6.07) is 0. The first-order valence-corrected chi connectivity index (χ1v) is 6.55. The number of rotatable bonds is 2. The van der Waals surface area contributed by atoms with E-state index in [1.165, 1.54) is 0 Å². The molecule has 0 bridgehead atoms. The first kappa shape index (κ1) is 13.3. The van der Waals surface area contributed by atoms with Crippen LogP contribution < -0.4 is 5.73 Å². The Labute approximate surface area is 108 Å². The third-order valence-electron chi connectivity index (χ3n) is 4.34. The first-order valence-electron chi connectivity index (χ1n) is 6.55. The highest BCUT2D eigenvalue weighted by Crippen LogP contribution is 2.40. The molecular formula is C13H23N3O2. The Morgan fingerprint density at radius 1 is 1.39 bits per heavy atom. The van der Waals surface area contributed by atoms with Gasteiger partial charge in [-0.05, 0) is 39.5 Å². The summed E-state index contributed by atoms with van der Waals surface area (Å²) in [5, 5.41) is 0. The standard InChI is InChI=1S/C13H23N3O2/c1-12(2)10(17)15(4)7-8-16(12)11(18)13(3,14)9-5-6-9/h9H,5-8,14H2,1-4H3. The fourth-order valence-electron chi connectivity index (χ4n) is 2.72. The van der Waals surface area contributed by atoms with Crippen LogP contribution in [0.5, 0.6) is 0 Å². The Morgan fingerprint density at radius 3 is 2.44 bits per heavy atom. The fourth-order valence-corrected chi connectivity index (χ4v) is 2.72. The largest absolute Gasteiger partial charge is 0.342 e. The number of likely N-dealkylation sites (N-methyl/N-ethyl adjacent to an activating group) is 1. The van der Waals surface area contributed by atoms with Crippen LogP contribution in [-0.4, -0.2) is 52.8 Å². The van der Waals surface area contributed by atoms with Gasteiger partial charge in [-0.1, -0.05) is 0 Å². The van der Waals surface area contributed by atoms with Crippen molar-refractivity contribution in [2.45, 2.75) is 44.7 Å². The summed E-state index contributed by atoms with van der Waals surface area (Å²) < 4.78 is 0. The predicted molar refractivity (Wildman–Crippen MR) is 68.7 cm³/mol. The van der Waals surface area contributed by atoms with E-state index in [9.17, 15) is 9.59 Å². The average molecular weight is 253 g/mol. The van der Waals surface area contributed by atoms with E-state index in [1.807, 2.05) is 0 Å². The van der Waals surface area contributed by atoms with Crippen LogP contribution in [0.2, 0.25) is 0 Å². The Kier molecular flexibility index (Phi) is 2.93. The fraction of sp³-hybridized carbons (Fsp3) is 0.846. The van der Waals surface area contributed by atoms with Crippen LogP contribution in [0.3, 0.4) is 0 Å². The minimum absolute atomic E-state index is 0.0197. The van der Waals surface area contributed by atoms with Crippen molar-refractivity contribution >= 4 is 11.8 Å². The van der Waals surface area contributed by atoms with Gasteiger partial charge >= 0.3 is 0 Å². The van der Waals surface area contributed by atoms with Gasteiger partial charge < -0.3 is 15.5 Å². The van der Waals surface area contributed by atoms with Crippen molar-refractivity contribution < 1.29 is 9.59 Å². The van der Waals surface area contributed by atoms with Gasteiger partial charge in [0.1, 0.15) is 5.54 Å². The SMILES string of the molecule is CN1CCN(C(=O)C(C)(N)C2CC2)C(C)(C)C1=O. The molecule has 2 rings (SSSR count). The molecule has 0 spiro atoms. The van der Waals surface area contributed by atoms with E-state index in [-0.39, 0.29) is 17.7 Å². The Balaban J connectivity index is 2.22. The number of nitrogens with zero attached hydrogens (tertiary/aromatic N) is 2. The van der Waals surface area contributed by atoms with E-state index in [0.717, 1.165) is 12.8 Å². The van der Waals surface area contributed by atoms with Crippen LogP contribution >= 0.6 is 0 Å². The number of nitrogens with two attached hydrogens (primary N) is 1. The Morgan fingerprint density at radius 2 is 1.94 bits per heavy atom. The van der Waals surface area contributed by atoms with Gasteiger partial charge in [0.2, 0.25) is 11.8 Å². The maximum Gasteiger partial charge on any atom is 0.247 e. The number of carbonyl (C=O) groups excluding carboxylic acids is 2. The normalized spacial score (nSPS) is 27.1. The maximum atomic E-state index is 12.6. The van der Waals surface area contributed by atoms with Gasteiger partial charge in [0.15, 0.2) is 0 Å². The highest BCUT2D eigenvalue weighted by molar-refractivity contribution is 5.95. The van der Waals surface area contributed by atoms with Crippen molar-refractivity contribution in [1.29, 1.82) is 0 Å². The predicted octanol–water partition coefficient (Wildman–Crippen LogP) is 0.193. The Bertz CT molecular complexity index is 386. The molecule has 1 heterocycles. The second-order valence-electron chi connectivity index (χ2n) is 6.30. The molecule has 2 fully saturated rings. The number of hydrogen-bond acceptors (Lipinski definition) is 3. The number of amides is 2. The minimum Gasteiger partial charge on any atom is -0.342 e. The van der Waals surface area contributed by atoms with Crippen LogP contribution in [0.4, 0.5) is 0 Å². The molecule has 18 heavy (non-hydrogen) atoms. The molecule has 2 amide bonds. The van der Waals surface area contributed by atoms with Crippen molar-refractivity contribution in [3.63, 3.8) is 0 Å². The molecule has 1 saturated carbocycles. The van der Waals surface area contributed by atoms with Crippen LogP contribution in [0, 0.1) is 5.92 Å². The van der Waals surface area contributed by atoms with E-state index < -0.39 is 11.1 Å². The lowest BCUT2D eigenvalue weighted by atomic mass is 9.90. The lowest BCUT2D eigenvalue weighted by molar-refractivity contribution is -0.160. The van der Waals surface area contributed by atoms with E-state index in [0.29, 0.717) is 13.1 Å². The molecule has 1 unspecified atom stereocenters. The first-order chi connectivity index (χ1) is 8.19. The molecule has 0 radical (unpaired) electrons. The molecule has 2 N–H and O–H groups in total. The molecule has 0 aromatic carbocycles. The van der Waals surface area contributed by atoms with Crippen molar-refractivity contribution in [1.82, 2.24) is 9.80 Å². The second-order valence-corrected chi connectivity index (χ2v) is 6.30. The van der Waals surface area contributed by atoms with Crippen molar-refractivity contribution in [3.8, 4) is 0 Å². The van der Waals surface area contributed by atoms with Gasteiger partial charge in [-0.15, -0.1) is 0 Å². The summed E-state index contributed by atoms with van der Waals surface area (Å²) in [6.07, 6.45) is 2.03. The van der Waals surface area contributed by atoms with Crippen molar-refractivity contribution in [2.24, 2.45) is 11.7 Å². The maximum absolute atomic E-state index is 12.6. The van der Waals surface area contributed by atoms with Gasteiger partial charge in [-0.2, -0.15) is 0 Å². The van der Waals surface area contributed by atoms with Gasteiger partial charge in [-0.3, -0.25) is 9.59 Å². The van der Waals surface area contributed by atoms with Crippen LogP contribution in [-0.2, 0) is 9.59 Å². The zero-order valence-corrected chi connectivity index (χ0v) is 11.7. The second kappa shape index (κ2) is 3.95. The number of hydrogen-bond donors (Lipinski definition) is 1. The van der Waals surface area contributed by atoms with Crippen molar-refractivity contribution in [2.75, 3.05) is 20.1 Å². The Hall–Kier alpha value is -1.10. The van der Waals surface area contributed by atoms with E-state index in [4.69, 9.17) is 5.73 Å². The van der Waals surface area contributed by atoms with Crippen LogP contribution in [0.25, 0.3) is 0 Å². The molecular weight excluding hydrogens is 230 g/mol. The third-order valence-corrected chi connectivity index (χ3v) is 4.34. The zero-order valence-electron chi connectivity index (χ0n) is 11.7. The third kappa shape index (κ3) is 1.90. The summed E-state index contributed by atoms with van der Waals surface area (Å²) >= 11 is 0. The summed E-state index contributed by atoms with van der Waals surface area (Å²) in [4.78, 5) is 28.1. The van der Waals surface area contributed by atoms with Gasteiger partial charge in [0, 0.05) is 20.1 Å². The number of carbonyl (C=O) groups is 2. The van der Waals surface area contributed by atoms with E-state index in [2.05, 4.69) is 0 Å². The monoisotopic (exact) mass is 253 g/mol. The smallest absolute Gasteiger partial charge is 0.247 e. The van der Waals surface area contributed by atoms with E-state index >= 15 is 0 Å². The van der Waals surface area contributed by atoms with E-state index in [1.54, 1.807) is 37.6 Å². The summed E-state index contributed by atoms with van der Waals surface area (Å²) in [7, 11) is 1.77. The molecule has 1 aliphatic carbocycles. The molecule has 0 aromatic rings. The summed E-state index contributed by atoms with van der Waals surface area (Å²) in [6.45, 7) is 6.53. The lowest BCUT2D eigenvalue weighted by Gasteiger charge is -2.47. The molecule has 0 aromatic heterocycles. The molecule has 2 aliphatic rings. The highest BCUT2D eigenvalue weighted by Gasteiger charge is 2.51. The molecule has 1 aliphatic heterocycles. The van der Waals surface area contributed by atoms with Gasteiger partial charge in [0.05, 0.1) is 5.54 Å².